The first-order chi connectivity index (χ1) is 9.31. The van der Waals surface area contributed by atoms with E-state index in [4.69, 9.17) is 5.11 Å². The van der Waals surface area contributed by atoms with E-state index in [1.807, 2.05) is 0 Å². The Hall–Kier alpha value is -2.00. The van der Waals surface area contributed by atoms with Crippen molar-refractivity contribution in [2.75, 3.05) is 0 Å². The molecule has 0 amide bonds. The van der Waals surface area contributed by atoms with Crippen molar-refractivity contribution in [3.63, 3.8) is 0 Å². The fourth-order valence-electron chi connectivity index (χ4n) is 2.03. The van der Waals surface area contributed by atoms with E-state index in [0.29, 0.717) is 0 Å². The summed E-state index contributed by atoms with van der Waals surface area (Å²) < 4.78 is 26.4. The van der Waals surface area contributed by atoms with E-state index in [2.05, 4.69) is 4.72 Å². The second-order valence-electron chi connectivity index (χ2n) is 4.55. The highest BCUT2D eigenvalue weighted by Gasteiger charge is 2.38. The topological polar surface area (TPSA) is 127 Å². The van der Waals surface area contributed by atoms with Gasteiger partial charge in [-0.2, -0.15) is 0 Å². The fourth-order valence-corrected chi connectivity index (χ4v) is 3.47. The van der Waals surface area contributed by atoms with Gasteiger partial charge in [0.15, 0.2) is 4.90 Å². The second kappa shape index (κ2) is 5.17. The Labute approximate surface area is 114 Å². The normalized spacial score (nSPS) is 22.0. The monoisotopic (exact) mass is 300 g/mol. The average Bonchev–Trinajstić information content (AvgIpc) is 2.33. The number of nitrogens with one attached hydrogen (secondary N) is 1. The lowest BCUT2D eigenvalue weighted by atomic mass is 9.81. The number of nitro benzene ring substituents is 1. The third-order valence-electron chi connectivity index (χ3n) is 3.16. The van der Waals surface area contributed by atoms with E-state index < -0.39 is 43.5 Å². The van der Waals surface area contributed by atoms with Crippen molar-refractivity contribution < 1.29 is 23.2 Å². The van der Waals surface area contributed by atoms with Gasteiger partial charge in [0.25, 0.3) is 5.69 Å². The van der Waals surface area contributed by atoms with E-state index in [1.165, 1.54) is 12.1 Å². The summed E-state index contributed by atoms with van der Waals surface area (Å²) in [6, 6.07) is 4.52. The van der Waals surface area contributed by atoms with E-state index in [-0.39, 0.29) is 12.8 Å². The first kappa shape index (κ1) is 14.4. The molecule has 1 aromatic rings. The van der Waals surface area contributed by atoms with Gasteiger partial charge in [0, 0.05) is 12.1 Å². The lowest BCUT2D eigenvalue weighted by molar-refractivity contribution is -0.387. The number of benzene rings is 1. The Morgan fingerprint density at radius 2 is 1.95 bits per heavy atom. The molecule has 0 aliphatic heterocycles. The molecule has 0 bridgehead atoms. The van der Waals surface area contributed by atoms with Crippen LogP contribution in [0, 0.1) is 16.0 Å². The molecule has 2 rings (SSSR count). The molecule has 1 aliphatic carbocycles. The Balaban J connectivity index is 2.16. The molecule has 9 heteroatoms. The molecule has 8 nitrogen and oxygen atoms in total. The minimum atomic E-state index is -4.03. The third-order valence-corrected chi connectivity index (χ3v) is 4.73. The van der Waals surface area contributed by atoms with E-state index in [1.54, 1.807) is 0 Å². The van der Waals surface area contributed by atoms with Crippen molar-refractivity contribution in [3.05, 3.63) is 34.4 Å². The lowest BCUT2D eigenvalue weighted by Crippen LogP contribution is -2.46. The summed E-state index contributed by atoms with van der Waals surface area (Å²) in [5, 5.41) is 19.5. The number of carbonyl (C=O) groups is 1. The van der Waals surface area contributed by atoms with Crippen molar-refractivity contribution in [1.29, 1.82) is 0 Å². The van der Waals surface area contributed by atoms with Crippen LogP contribution in [-0.2, 0) is 14.8 Å². The SMILES string of the molecule is O=C(O)[C@H]1C[C@@H](NS(=O)(=O)c2ccccc2[N+](=O)[O-])C1. The molecule has 0 aromatic heterocycles. The Morgan fingerprint density at radius 3 is 2.50 bits per heavy atom. The number of hydrogen-bond acceptors (Lipinski definition) is 5. The summed E-state index contributed by atoms with van der Waals surface area (Å²) in [6.45, 7) is 0. The number of carboxylic acid groups (broad SMARTS) is 1. The highest BCUT2D eigenvalue weighted by atomic mass is 32.2. The van der Waals surface area contributed by atoms with Gasteiger partial charge in [-0.15, -0.1) is 0 Å². The Bertz CT molecular complexity index is 651. The van der Waals surface area contributed by atoms with Crippen LogP contribution in [0.4, 0.5) is 5.69 Å². The molecular formula is C11H12N2O6S. The Kier molecular flexibility index (Phi) is 3.73. The number of carboxylic acids is 1. The van der Waals surface area contributed by atoms with E-state index in [9.17, 15) is 23.3 Å². The van der Waals surface area contributed by atoms with Crippen molar-refractivity contribution >= 4 is 21.7 Å². The van der Waals surface area contributed by atoms with Crippen LogP contribution in [0.1, 0.15) is 12.8 Å². The maximum atomic E-state index is 12.1. The molecule has 1 fully saturated rings. The predicted molar refractivity (Wildman–Crippen MR) is 67.6 cm³/mol. The molecule has 0 spiro atoms. The molecule has 1 saturated carbocycles. The third kappa shape index (κ3) is 2.78. The predicted octanol–water partition coefficient (Wildman–Crippen LogP) is 0.736. The van der Waals surface area contributed by atoms with Crippen molar-refractivity contribution in [2.24, 2.45) is 5.92 Å². The summed E-state index contributed by atoms with van der Waals surface area (Å²) in [5.74, 6) is -1.53. The zero-order chi connectivity index (χ0) is 14.9. The summed E-state index contributed by atoms with van der Waals surface area (Å²) in [6.07, 6.45) is 0.379. The van der Waals surface area contributed by atoms with Crippen LogP contribution in [-0.4, -0.2) is 30.5 Å². The van der Waals surface area contributed by atoms with Gasteiger partial charge in [0.05, 0.1) is 10.8 Å². The Morgan fingerprint density at radius 1 is 1.35 bits per heavy atom. The smallest absolute Gasteiger partial charge is 0.306 e. The number of aliphatic carboxylic acids is 1. The van der Waals surface area contributed by atoms with Crippen LogP contribution in [0.3, 0.4) is 0 Å². The molecule has 108 valence electrons. The van der Waals surface area contributed by atoms with Crippen molar-refractivity contribution in [2.45, 2.75) is 23.8 Å². The van der Waals surface area contributed by atoms with Gasteiger partial charge in [-0.1, -0.05) is 12.1 Å². The van der Waals surface area contributed by atoms with E-state index in [0.717, 1.165) is 12.1 Å². The lowest BCUT2D eigenvalue weighted by Gasteiger charge is -2.32. The van der Waals surface area contributed by atoms with Gasteiger partial charge in [-0.25, -0.2) is 13.1 Å². The fraction of sp³-hybridized carbons (Fsp3) is 0.364. The van der Waals surface area contributed by atoms with Crippen LogP contribution in [0.15, 0.2) is 29.2 Å². The molecule has 0 heterocycles. The zero-order valence-corrected chi connectivity index (χ0v) is 11.0. The maximum Gasteiger partial charge on any atom is 0.306 e. The molecule has 0 saturated heterocycles. The molecule has 1 aliphatic rings. The van der Waals surface area contributed by atoms with Gasteiger partial charge < -0.3 is 5.11 Å². The van der Waals surface area contributed by atoms with Crippen LogP contribution < -0.4 is 4.72 Å². The summed E-state index contributed by atoms with van der Waals surface area (Å²) in [4.78, 5) is 20.3. The molecule has 0 unspecified atom stereocenters. The standard InChI is InChI=1S/C11H12N2O6S/c14-11(15)7-5-8(6-7)12-20(18,19)10-4-2-1-3-9(10)13(16)17/h1-4,7-8,12H,5-6H2,(H,14,15)/t7-,8+. The summed E-state index contributed by atoms with van der Waals surface area (Å²) in [7, 11) is -4.03. The number of rotatable bonds is 5. The molecule has 0 atom stereocenters. The first-order valence-electron chi connectivity index (χ1n) is 5.80. The summed E-state index contributed by atoms with van der Waals surface area (Å²) in [5.41, 5.74) is -0.505. The maximum absolute atomic E-state index is 12.1. The molecule has 0 radical (unpaired) electrons. The molecular weight excluding hydrogens is 288 g/mol. The van der Waals surface area contributed by atoms with Gasteiger partial charge in [-0.05, 0) is 18.9 Å². The number of para-hydroxylation sites is 1. The van der Waals surface area contributed by atoms with E-state index >= 15 is 0 Å². The zero-order valence-electron chi connectivity index (χ0n) is 10.2. The van der Waals surface area contributed by atoms with Crippen molar-refractivity contribution in [3.8, 4) is 0 Å². The van der Waals surface area contributed by atoms with Crippen LogP contribution in [0.25, 0.3) is 0 Å². The van der Waals surface area contributed by atoms with Crippen LogP contribution in [0.5, 0.6) is 0 Å². The second-order valence-corrected chi connectivity index (χ2v) is 6.23. The minimum Gasteiger partial charge on any atom is -0.481 e. The van der Waals surface area contributed by atoms with Crippen molar-refractivity contribution in [1.82, 2.24) is 4.72 Å². The van der Waals surface area contributed by atoms with Gasteiger partial charge >= 0.3 is 5.97 Å². The number of nitrogens with zero attached hydrogens (tertiary/aromatic N) is 1. The van der Waals surface area contributed by atoms with Gasteiger partial charge in [0.2, 0.25) is 10.0 Å². The minimum absolute atomic E-state index is 0.190. The highest BCUT2D eigenvalue weighted by Crippen LogP contribution is 2.30. The largest absolute Gasteiger partial charge is 0.481 e. The quantitative estimate of drug-likeness (QED) is 0.610. The number of sulfonamides is 1. The average molecular weight is 300 g/mol. The van der Waals surface area contributed by atoms with Crippen LogP contribution in [0.2, 0.25) is 0 Å². The molecule has 20 heavy (non-hydrogen) atoms. The number of hydrogen-bond donors (Lipinski definition) is 2. The molecule has 2 N–H and O–H groups in total. The summed E-state index contributed by atoms with van der Waals surface area (Å²) >= 11 is 0. The first-order valence-corrected chi connectivity index (χ1v) is 7.28. The highest BCUT2D eigenvalue weighted by molar-refractivity contribution is 7.89. The van der Waals surface area contributed by atoms with Crippen LogP contribution >= 0.6 is 0 Å². The van der Waals surface area contributed by atoms with Gasteiger partial charge in [-0.3, -0.25) is 14.9 Å². The number of nitro groups is 1. The van der Waals surface area contributed by atoms with Gasteiger partial charge in [0.1, 0.15) is 0 Å². The molecule has 1 aromatic carbocycles.